The molecule has 0 aromatic heterocycles. The first-order valence-corrected chi connectivity index (χ1v) is 5.87. The molecule has 86 valence electrons. The van der Waals surface area contributed by atoms with E-state index in [1.54, 1.807) is 0 Å². The van der Waals surface area contributed by atoms with Gasteiger partial charge in [0.05, 0.1) is 12.6 Å². The summed E-state index contributed by atoms with van der Waals surface area (Å²) in [6, 6.07) is 0.764. The molecular formula is C11H20N2O2. The minimum Gasteiger partial charge on any atom is -0.393 e. The van der Waals surface area contributed by atoms with Crippen LogP contribution in [0.4, 0.5) is 0 Å². The average molecular weight is 212 g/mol. The van der Waals surface area contributed by atoms with Gasteiger partial charge in [0.15, 0.2) is 0 Å². The van der Waals surface area contributed by atoms with Crippen LogP contribution in [0, 0.1) is 0 Å². The van der Waals surface area contributed by atoms with Crippen molar-refractivity contribution in [1.29, 1.82) is 0 Å². The molecule has 1 atom stereocenters. The molecule has 0 bridgehead atoms. The lowest BCUT2D eigenvalue weighted by Gasteiger charge is -2.40. The van der Waals surface area contributed by atoms with E-state index in [4.69, 9.17) is 0 Å². The topological polar surface area (TPSA) is 52.6 Å². The monoisotopic (exact) mass is 212 g/mol. The first-order chi connectivity index (χ1) is 7.16. The van der Waals surface area contributed by atoms with Gasteiger partial charge < -0.3 is 15.3 Å². The van der Waals surface area contributed by atoms with Crippen LogP contribution in [-0.4, -0.2) is 47.2 Å². The number of carbonyl (C=O) groups is 1. The Labute approximate surface area is 90.6 Å². The zero-order valence-corrected chi connectivity index (χ0v) is 9.28. The predicted octanol–water partition coefficient (Wildman–Crippen LogP) is 0.110. The molecule has 0 spiro atoms. The fourth-order valence-electron chi connectivity index (χ4n) is 2.55. The molecule has 2 aliphatic rings. The maximum atomic E-state index is 11.7. The zero-order valence-electron chi connectivity index (χ0n) is 9.28. The number of piperazine rings is 1. The van der Waals surface area contributed by atoms with E-state index in [-0.39, 0.29) is 12.0 Å². The maximum absolute atomic E-state index is 11.7. The van der Waals surface area contributed by atoms with Crippen molar-refractivity contribution < 1.29 is 9.90 Å². The van der Waals surface area contributed by atoms with Crippen LogP contribution in [0.15, 0.2) is 0 Å². The third kappa shape index (κ3) is 2.49. The Bertz CT molecular complexity index is 237. The number of amides is 1. The molecular weight excluding hydrogens is 192 g/mol. The van der Waals surface area contributed by atoms with E-state index in [1.807, 2.05) is 4.90 Å². The van der Waals surface area contributed by atoms with Crippen molar-refractivity contribution in [3.05, 3.63) is 0 Å². The highest BCUT2D eigenvalue weighted by Gasteiger charge is 2.31. The van der Waals surface area contributed by atoms with Gasteiger partial charge in [-0.1, -0.05) is 0 Å². The Morgan fingerprint density at radius 1 is 1.33 bits per heavy atom. The molecule has 15 heavy (non-hydrogen) atoms. The van der Waals surface area contributed by atoms with Crippen molar-refractivity contribution in [3.63, 3.8) is 0 Å². The van der Waals surface area contributed by atoms with Crippen molar-refractivity contribution in [1.82, 2.24) is 10.2 Å². The van der Waals surface area contributed by atoms with Crippen molar-refractivity contribution in [3.8, 4) is 0 Å². The van der Waals surface area contributed by atoms with Crippen molar-refractivity contribution in [2.24, 2.45) is 0 Å². The third-order valence-electron chi connectivity index (χ3n) is 3.50. The maximum Gasteiger partial charge on any atom is 0.236 e. The summed E-state index contributed by atoms with van der Waals surface area (Å²) in [5.74, 6) is 0.217. The normalized spacial score (nSPS) is 38.1. The number of aliphatic hydroxyl groups is 1. The molecule has 2 fully saturated rings. The lowest BCUT2D eigenvalue weighted by molar-refractivity contribution is -0.136. The second kappa shape index (κ2) is 4.49. The summed E-state index contributed by atoms with van der Waals surface area (Å²) in [6.45, 7) is 3.40. The summed E-state index contributed by atoms with van der Waals surface area (Å²) in [5, 5.41) is 12.6. The van der Waals surface area contributed by atoms with Gasteiger partial charge in [-0.15, -0.1) is 0 Å². The quantitative estimate of drug-likeness (QED) is 0.648. The summed E-state index contributed by atoms with van der Waals surface area (Å²) in [7, 11) is 0. The predicted molar refractivity (Wildman–Crippen MR) is 57.4 cm³/mol. The highest BCUT2D eigenvalue weighted by atomic mass is 16.3. The fraction of sp³-hybridized carbons (Fsp3) is 0.909. The zero-order chi connectivity index (χ0) is 10.8. The number of rotatable bonds is 1. The molecule has 2 N–H and O–H groups in total. The Kier molecular flexibility index (Phi) is 3.26. The second-order valence-electron chi connectivity index (χ2n) is 4.79. The largest absolute Gasteiger partial charge is 0.393 e. The SMILES string of the molecule is C[C@H]1CN(C2CCC(O)CC2)C(=O)CN1. The summed E-state index contributed by atoms with van der Waals surface area (Å²) >= 11 is 0. The third-order valence-corrected chi connectivity index (χ3v) is 3.50. The standard InChI is InChI=1S/C11H20N2O2/c1-8-7-13(11(15)6-12-8)9-2-4-10(14)5-3-9/h8-10,12,14H,2-7H2,1H3/t8-,9?,10?/m0/s1. The van der Waals surface area contributed by atoms with Crippen LogP contribution in [0.25, 0.3) is 0 Å². The number of nitrogens with one attached hydrogen (secondary N) is 1. The van der Waals surface area contributed by atoms with Gasteiger partial charge in [-0.25, -0.2) is 0 Å². The highest BCUT2D eigenvalue weighted by Crippen LogP contribution is 2.24. The van der Waals surface area contributed by atoms with Crippen LogP contribution in [-0.2, 0) is 4.79 Å². The minimum absolute atomic E-state index is 0.142. The molecule has 0 aromatic carbocycles. The highest BCUT2D eigenvalue weighted by molar-refractivity contribution is 5.79. The van der Waals surface area contributed by atoms with Crippen LogP contribution in [0.1, 0.15) is 32.6 Å². The number of hydrogen-bond acceptors (Lipinski definition) is 3. The van der Waals surface area contributed by atoms with Gasteiger partial charge in [-0.3, -0.25) is 4.79 Å². The van der Waals surface area contributed by atoms with Crippen LogP contribution >= 0.6 is 0 Å². The van der Waals surface area contributed by atoms with E-state index >= 15 is 0 Å². The fourth-order valence-corrected chi connectivity index (χ4v) is 2.55. The summed E-state index contributed by atoms with van der Waals surface area (Å²) < 4.78 is 0. The molecule has 1 amide bonds. The molecule has 1 aliphatic heterocycles. The van der Waals surface area contributed by atoms with E-state index in [9.17, 15) is 9.90 Å². The van der Waals surface area contributed by atoms with E-state index < -0.39 is 0 Å². The Balaban J connectivity index is 1.93. The van der Waals surface area contributed by atoms with Gasteiger partial charge in [0.1, 0.15) is 0 Å². The molecule has 1 aliphatic carbocycles. The Hall–Kier alpha value is -0.610. The van der Waals surface area contributed by atoms with Gasteiger partial charge in [-0.2, -0.15) is 0 Å². The van der Waals surface area contributed by atoms with Gasteiger partial charge in [0, 0.05) is 18.6 Å². The lowest BCUT2D eigenvalue weighted by Crippen LogP contribution is -2.57. The molecule has 0 unspecified atom stereocenters. The Morgan fingerprint density at radius 2 is 2.00 bits per heavy atom. The number of aliphatic hydroxyl groups excluding tert-OH is 1. The van der Waals surface area contributed by atoms with E-state index in [2.05, 4.69) is 12.2 Å². The number of hydrogen-bond donors (Lipinski definition) is 2. The van der Waals surface area contributed by atoms with Gasteiger partial charge in [-0.05, 0) is 32.6 Å². The molecule has 1 saturated carbocycles. The van der Waals surface area contributed by atoms with E-state index in [0.717, 1.165) is 32.2 Å². The second-order valence-corrected chi connectivity index (χ2v) is 4.79. The summed E-state index contributed by atoms with van der Waals surface area (Å²) in [4.78, 5) is 13.7. The van der Waals surface area contributed by atoms with E-state index in [0.29, 0.717) is 18.6 Å². The van der Waals surface area contributed by atoms with Crippen LogP contribution in [0.3, 0.4) is 0 Å². The average Bonchev–Trinajstić information content (AvgIpc) is 2.23. The van der Waals surface area contributed by atoms with Gasteiger partial charge in [0.2, 0.25) is 5.91 Å². The molecule has 0 aromatic rings. The van der Waals surface area contributed by atoms with Crippen LogP contribution < -0.4 is 5.32 Å². The molecule has 1 saturated heterocycles. The van der Waals surface area contributed by atoms with Crippen LogP contribution in [0.2, 0.25) is 0 Å². The molecule has 4 heteroatoms. The molecule has 2 rings (SSSR count). The van der Waals surface area contributed by atoms with E-state index in [1.165, 1.54) is 0 Å². The molecule has 4 nitrogen and oxygen atoms in total. The van der Waals surface area contributed by atoms with Crippen molar-refractivity contribution in [2.45, 2.75) is 50.8 Å². The van der Waals surface area contributed by atoms with Crippen LogP contribution in [0.5, 0.6) is 0 Å². The smallest absolute Gasteiger partial charge is 0.236 e. The number of carbonyl (C=O) groups excluding carboxylic acids is 1. The first kappa shape index (κ1) is 10.9. The molecule has 1 heterocycles. The van der Waals surface area contributed by atoms with Crippen molar-refractivity contribution in [2.75, 3.05) is 13.1 Å². The van der Waals surface area contributed by atoms with Gasteiger partial charge >= 0.3 is 0 Å². The van der Waals surface area contributed by atoms with Gasteiger partial charge in [0.25, 0.3) is 0 Å². The number of nitrogens with zero attached hydrogens (tertiary/aromatic N) is 1. The Morgan fingerprint density at radius 3 is 2.67 bits per heavy atom. The minimum atomic E-state index is -0.142. The molecule has 0 radical (unpaired) electrons. The first-order valence-electron chi connectivity index (χ1n) is 5.87. The lowest BCUT2D eigenvalue weighted by atomic mass is 9.91. The summed E-state index contributed by atoms with van der Waals surface area (Å²) in [5.41, 5.74) is 0. The summed E-state index contributed by atoms with van der Waals surface area (Å²) in [6.07, 6.45) is 3.46. The van der Waals surface area contributed by atoms with Crippen molar-refractivity contribution >= 4 is 5.91 Å².